The molecule has 21 heavy (non-hydrogen) atoms. The molecule has 1 aromatic carbocycles. The Balaban J connectivity index is 2.12. The summed E-state index contributed by atoms with van der Waals surface area (Å²) in [5.74, 6) is -0.356. The van der Waals surface area contributed by atoms with Gasteiger partial charge in [0.2, 0.25) is 0 Å². The van der Waals surface area contributed by atoms with Crippen LogP contribution in [0.3, 0.4) is 0 Å². The lowest BCUT2D eigenvalue weighted by atomic mass is 10.3. The highest BCUT2D eigenvalue weighted by atomic mass is 32.2. The van der Waals surface area contributed by atoms with Gasteiger partial charge in [-0.1, -0.05) is 0 Å². The van der Waals surface area contributed by atoms with Gasteiger partial charge in [0.15, 0.2) is 9.84 Å². The molecule has 0 aliphatic heterocycles. The third kappa shape index (κ3) is 3.87. The van der Waals surface area contributed by atoms with Gasteiger partial charge in [0.05, 0.1) is 10.9 Å². The molecule has 0 spiro atoms. The molecule has 1 unspecified atom stereocenters. The summed E-state index contributed by atoms with van der Waals surface area (Å²) < 4.78 is 22.7. The van der Waals surface area contributed by atoms with Crippen LogP contribution in [0.4, 0.5) is 5.69 Å². The first-order chi connectivity index (χ1) is 9.77. The van der Waals surface area contributed by atoms with E-state index in [0.29, 0.717) is 16.4 Å². The fourth-order valence-corrected chi connectivity index (χ4v) is 2.97. The lowest BCUT2D eigenvalue weighted by Gasteiger charge is -2.04. The molecule has 1 aromatic heterocycles. The van der Waals surface area contributed by atoms with Gasteiger partial charge in [-0.05, 0) is 31.2 Å². The van der Waals surface area contributed by atoms with Crippen LogP contribution >= 0.6 is 11.3 Å². The molecule has 0 bridgehead atoms. The lowest BCUT2D eigenvalue weighted by molar-refractivity contribution is 0.102. The molecule has 2 rings (SSSR count). The smallest absolute Gasteiger partial charge is 0.275 e. The largest absolute Gasteiger partial charge is 0.322 e. The van der Waals surface area contributed by atoms with Crippen molar-refractivity contribution in [1.82, 2.24) is 4.98 Å². The van der Waals surface area contributed by atoms with Gasteiger partial charge in [0, 0.05) is 17.3 Å². The minimum absolute atomic E-state index is 0.202. The highest BCUT2D eigenvalue weighted by molar-refractivity contribution is 7.90. The number of benzene rings is 1. The Hall–Kier alpha value is -1.77. The van der Waals surface area contributed by atoms with Crippen LogP contribution in [0.5, 0.6) is 0 Å². The first kappa shape index (κ1) is 15.6. The number of nitrogens with zero attached hydrogens (tertiary/aromatic N) is 1. The van der Waals surface area contributed by atoms with Crippen LogP contribution in [0.1, 0.15) is 28.5 Å². The van der Waals surface area contributed by atoms with Crippen molar-refractivity contribution >= 4 is 32.8 Å². The maximum absolute atomic E-state index is 12.0. The quantitative estimate of drug-likeness (QED) is 0.892. The molecule has 1 amide bonds. The van der Waals surface area contributed by atoms with Gasteiger partial charge in [-0.15, -0.1) is 11.3 Å². The first-order valence-electron chi connectivity index (χ1n) is 6.10. The van der Waals surface area contributed by atoms with E-state index in [2.05, 4.69) is 10.3 Å². The van der Waals surface area contributed by atoms with Crippen LogP contribution in [0, 0.1) is 0 Å². The third-order valence-electron chi connectivity index (χ3n) is 2.68. The van der Waals surface area contributed by atoms with Crippen LogP contribution in [-0.2, 0) is 9.84 Å². The Morgan fingerprint density at radius 2 is 1.95 bits per heavy atom. The first-order valence-corrected chi connectivity index (χ1v) is 8.87. The zero-order chi connectivity index (χ0) is 15.6. The number of aromatic nitrogens is 1. The molecule has 8 heteroatoms. The normalized spacial score (nSPS) is 12.9. The number of carbonyl (C=O) groups is 1. The number of sulfone groups is 1. The van der Waals surface area contributed by atoms with E-state index in [9.17, 15) is 13.2 Å². The fraction of sp³-hybridized carbons (Fsp3) is 0.231. The fourth-order valence-electron chi connectivity index (χ4n) is 1.58. The maximum atomic E-state index is 12.0. The van der Waals surface area contributed by atoms with E-state index in [0.717, 1.165) is 6.26 Å². The van der Waals surface area contributed by atoms with E-state index < -0.39 is 9.84 Å². The average Bonchev–Trinajstić information content (AvgIpc) is 2.88. The Kier molecular flexibility index (Phi) is 4.40. The van der Waals surface area contributed by atoms with Gasteiger partial charge >= 0.3 is 0 Å². The number of rotatable bonds is 4. The lowest BCUT2D eigenvalue weighted by Crippen LogP contribution is -2.13. The van der Waals surface area contributed by atoms with Crippen LogP contribution in [0.25, 0.3) is 0 Å². The molecule has 0 saturated carbocycles. The van der Waals surface area contributed by atoms with E-state index in [1.165, 1.54) is 35.6 Å². The van der Waals surface area contributed by atoms with Gasteiger partial charge in [0.25, 0.3) is 5.91 Å². The van der Waals surface area contributed by atoms with Crippen molar-refractivity contribution in [2.24, 2.45) is 5.73 Å². The summed E-state index contributed by atoms with van der Waals surface area (Å²) in [6.07, 6.45) is 1.13. The summed E-state index contributed by atoms with van der Waals surface area (Å²) in [4.78, 5) is 16.4. The molecule has 0 aliphatic carbocycles. The summed E-state index contributed by atoms with van der Waals surface area (Å²) in [7, 11) is -3.24. The second kappa shape index (κ2) is 5.92. The molecular formula is C13H15N3O3S2. The second-order valence-electron chi connectivity index (χ2n) is 4.61. The van der Waals surface area contributed by atoms with E-state index in [1.54, 1.807) is 12.3 Å². The van der Waals surface area contributed by atoms with Crippen molar-refractivity contribution in [2.75, 3.05) is 11.6 Å². The highest BCUT2D eigenvalue weighted by Gasteiger charge is 2.13. The second-order valence-corrected chi connectivity index (χ2v) is 7.52. The zero-order valence-electron chi connectivity index (χ0n) is 11.5. The molecule has 2 aromatic rings. The molecule has 0 fully saturated rings. The van der Waals surface area contributed by atoms with Crippen molar-refractivity contribution in [2.45, 2.75) is 17.9 Å². The van der Waals surface area contributed by atoms with Crippen molar-refractivity contribution in [3.63, 3.8) is 0 Å². The van der Waals surface area contributed by atoms with Gasteiger partial charge in [-0.3, -0.25) is 4.79 Å². The van der Waals surface area contributed by atoms with Crippen LogP contribution in [0.2, 0.25) is 0 Å². The Bertz CT molecular complexity index is 749. The standard InChI is InChI=1S/C13H15N3O3S2/c1-8(14)13-16-11(7-20-13)12(17)15-9-3-5-10(6-4-9)21(2,18)19/h3-8H,14H2,1-2H3,(H,15,17). The highest BCUT2D eigenvalue weighted by Crippen LogP contribution is 2.18. The van der Waals surface area contributed by atoms with Crippen LogP contribution < -0.4 is 11.1 Å². The van der Waals surface area contributed by atoms with Crippen LogP contribution in [0.15, 0.2) is 34.5 Å². The van der Waals surface area contributed by atoms with E-state index in [-0.39, 0.29) is 16.8 Å². The van der Waals surface area contributed by atoms with Gasteiger partial charge in [0.1, 0.15) is 10.7 Å². The topological polar surface area (TPSA) is 102 Å². The number of hydrogen-bond donors (Lipinski definition) is 2. The number of nitrogens with one attached hydrogen (secondary N) is 1. The van der Waals surface area contributed by atoms with Crippen molar-refractivity contribution in [3.05, 3.63) is 40.3 Å². The van der Waals surface area contributed by atoms with Crippen molar-refractivity contribution < 1.29 is 13.2 Å². The summed E-state index contributed by atoms with van der Waals surface area (Å²) in [5, 5.41) is 4.98. The minimum Gasteiger partial charge on any atom is -0.322 e. The molecule has 1 atom stereocenters. The van der Waals surface area contributed by atoms with E-state index in [1.807, 2.05) is 0 Å². The molecule has 0 saturated heterocycles. The molecule has 0 radical (unpaired) electrons. The summed E-state index contributed by atoms with van der Waals surface area (Å²) in [6, 6.07) is 5.74. The summed E-state index contributed by atoms with van der Waals surface area (Å²) >= 11 is 1.33. The predicted octanol–water partition coefficient (Wildman–Crippen LogP) is 1.82. The summed E-state index contributed by atoms with van der Waals surface area (Å²) in [6.45, 7) is 1.80. The van der Waals surface area contributed by atoms with Crippen molar-refractivity contribution in [1.29, 1.82) is 0 Å². The van der Waals surface area contributed by atoms with Gasteiger partial charge in [-0.2, -0.15) is 0 Å². The molecule has 1 heterocycles. The number of anilines is 1. The van der Waals surface area contributed by atoms with Gasteiger partial charge < -0.3 is 11.1 Å². The van der Waals surface area contributed by atoms with Crippen molar-refractivity contribution in [3.8, 4) is 0 Å². The average molecular weight is 325 g/mol. The minimum atomic E-state index is -3.24. The molecule has 6 nitrogen and oxygen atoms in total. The number of carbonyl (C=O) groups excluding carboxylic acids is 1. The van der Waals surface area contributed by atoms with E-state index >= 15 is 0 Å². The number of hydrogen-bond acceptors (Lipinski definition) is 6. The Morgan fingerprint density at radius 1 is 1.33 bits per heavy atom. The molecule has 3 N–H and O–H groups in total. The zero-order valence-corrected chi connectivity index (χ0v) is 13.2. The van der Waals surface area contributed by atoms with Crippen LogP contribution in [-0.4, -0.2) is 25.6 Å². The Morgan fingerprint density at radius 3 is 2.43 bits per heavy atom. The molecule has 0 aliphatic rings. The van der Waals surface area contributed by atoms with Gasteiger partial charge in [-0.25, -0.2) is 13.4 Å². The Labute approximate surface area is 126 Å². The summed E-state index contributed by atoms with van der Waals surface area (Å²) in [5.41, 5.74) is 6.49. The maximum Gasteiger partial charge on any atom is 0.275 e. The number of nitrogens with two attached hydrogens (primary N) is 1. The number of amides is 1. The number of thiazole rings is 1. The molecule has 112 valence electrons. The predicted molar refractivity (Wildman–Crippen MR) is 82.2 cm³/mol. The third-order valence-corrected chi connectivity index (χ3v) is 4.86. The molecular weight excluding hydrogens is 310 g/mol. The van der Waals surface area contributed by atoms with E-state index in [4.69, 9.17) is 5.73 Å². The SMILES string of the molecule is CC(N)c1nc(C(=O)Nc2ccc(S(C)(=O)=O)cc2)cs1. The monoisotopic (exact) mass is 325 g/mol.